The van der Waals surface area contributed by atoms with Gasteiger partial charge in [-0.3, -0.25) is 9.59 Å². The van der Waals surface area contributed by atoms with Gasteiger partial charge in [0.05, 0.1) is 11.8 Å². The van der Waals surface area contributed by atoms with Crippen LogP contribution in [0.2, 0.25) is 0 Å². The lowest BCUT2D eigenvalue weighted by atomic mass is 9.93. The molecule has 21 heavy (non-hydrogen) atoms. The summed E-state index contributed by atoms with van der Waals surface area (Å²) in [7, 11) is 0. The zero-order valence-corrected chi connectivity index (χ0v) is 12.0. The van der Waals surface area contributed by atoms with E-state index in [2.05, 4.69) is 12.2 Å². The summed E-state index contributed by atoms with van der Waals surface area (Å²) in [6.07, 6.45) is 10.0. The molecule has 1 saturated heterocycles. The Morgan fingerprint density at radius 1 is 1.10 bits per heavy atom. The third-order valence-electron chi connectivity index (χ3n) is 4.26. The zero-order chi connectivity index (χ0) is 14.7. The Kier molecular flexibility index (Phi) is 4.08. The second kappa shape index (κ2) is 6.16. The SMILES string of the molecule is O=C(c1ccoc1)N1CCN(C(=O)C2CC=CCC2)CC1. The third-order valence-corrected chi connectivity index (χ3v) is 4.26. The predicted octanol–water partition coefficient (Wildman–Crippen LogP) is 1.92. The molecule has 0 aromatic carbocycles. The van der Waals surface area contributed by atoms with E-state index in [4.69, 9.17) is 4.42 Å². The van der Waals surface area contributed by atoms with E-state index in [1.807, 2.05) is 4.90 Å². The first kappa shape index (κ1) is 13.9. The van der Waals surface area contributed by atoms with Crippen LogP contribution in [0.25, 0.3) is 0 Å². The Labute approximate surface area is 124 Å². The van der Waals surface area contributed by atoms with Crippen LogP contribution >= 0.6 is 0 Å². The third kappa shape index (κ3) is 3.01. The molecule has 112 valence electrons. The molecule has 1 unspecified atom stereocenters. The first-order valence-corrected chi connectivity index (χ1v) is 7.51. The molecule has 1 aromatic heterocycles. The molecule has 0 saturated carbocycles. The van der Waals surface area contributed by atoms with Crippen LogP contribution in [0.3, 0.4) is 0 Å². The van der Waals surface area contributed by atoms with Crippen LogP contribution in [0.4, 0.5) is 0 Å². The fourth-order valence-electron chi connectivity index (χ4n) is 2.97. The average molecular weight is 288 g/mol. The van der Waals surface area contributed by atoms with Gasteiger partial charge in [0.2, 0.25) is 5.91 Å². The van der Waals surface area contributed by atoms with Crippen molar-refractivity contribution in [1.82, 2.24) is 9.80 Å². The molecule has 5 nitrogen and oxygen atoms in total. The van der Waals surface area contributed by atoms with Crippen LogP contribution in [0, 0.1) is 5.92 Å². The summed E-state index contributed by atoms with van der Waals surface area (Å²) in [5.41, 5.74) is 0.576. The number of allylic oxidation sites excluding steroid dienone is 2. The minimum Gasteiger partial charge on any atom is -0.472 e. The van der Waals surface area contributed by atoms with Crippen LogP contribution in [0.1, 0.15) is 29.6 Å². The lowest BCUT2D eigenvalue weighted by Crippen LogP contribution is -2.52. The molecule has 0 N–H and O–H groups in total. The Bertz CT molecular complexity index is 528. The standard InChI is InChI=1S/C16H20N2O3/c19-15(13-4-2-1-3-5-13)17-7-9-18(10-8-17)16(20)14-6-11-21-12-14/h1-2,6,11-13H,3-5,7-10H2. The number of hydrogen-bond acceptors (Lipinski definition) is 3. The number of carbonyl (C=O) groups is 2. The first-order valence-electron chi connectivity index (χ1n) is 7.51. The highest BCUT2D eigenvalue weighted by Crippen LogP contribution is 2.21. The van der Waals surface area contributed by atoms with Crippen molar-refractivity contribution in [2.45, 2.75) is 19.3 Å². The van der Waals surface area contributed by atoms with E-state index < -0.39 is 0 Å². The molecule has 2 aliphatic rings. The van der Waals surface area contributed by atoms with Gasteiger partial charge in [-0.1, -0.05) is 12.2 Å². The maximum atomic E-state index is 12.4. The molecular weight excluding hydrogens is 268 g/mol. The average Bonchev–Trinajstić information content (AvgIpc) is 3.09. The van der Waals surface area contributed by atoms with E-state index in [-0.39, 0.29) is 17.7 Å². The smallest absolute Gasteiger partial charge is 0.257 e. The van der Waals surface area contributed by atoms with Crippen molar-refractivity contribution in [1.29, 1.82) is 0 Å². The summed E-state index contributed by atoms with van der Waals surface area (Å²) in [4.78, 5) is 28.3. The summed E-state index contributed by atoms with van der Waals surface area (Å²) in [5, 5.41) is 0. The van der Waals surface area contributed by atoms with Gasteiger partial charge in [0.25, 0.3) is 5.91 Å². The summed E-state index contributed by atoms with van der Waals surface area (Å²) in [5.74, 6) is 0.359. The molecule has 0 spiro atoms. The minimum absolute atomic E-state index is 0.0172. The van der Waals surface area contributed by atoms with Crippen molar-refractivity contribution in [3.05, 3.63) is 36.3 Å². The maximum Gasteiger partial charge on any atom is 0.257 e. The molecular formula is C16H20N2O3. The molecule has 5 heteroatoms. The van der Waals surface area contributed by atoms with Gasteiger partial charge >= 0.3 is 0 Å². The van der Waals surface area contributed by atoms with Gasteiger partial charge in [0.1, 0.15) is 6.26 Å². The minimum atomic E-state index is -0.0172. The number of furan rings is 1. The van der Waals surface area contributed by atoms with Crippen molar-refractivity contribution in [2.24, 2.45) is 5.92 Å². The summed E-state index contributed by atoms with van der Waals surface area (Å²) in [6.45, 7) is 2.45. The Hall–Kier alpha value is -2.04. The highest BCUT2D eigenvalue weighted by atomic mass is 16.3. The Morgan fingerprint density at radius 3 is 2.48 bits per heavy atom. The van der Waals surface area contributed by atoms with E-state index >= 15 is 0 Å². The van der Waals surface area contributed by atoms with E-state index in [1.54, 1.807) is 11.0 Å². The fourth-order valence-corrected chi connectivity index (χ4v) is 2.97. The van der Waals surface area contributed by atoms with Crippen molar-refractivity contribution in [3.8, 4) is 0 Å². The molecule has 1 aliphatic heterocycles. The Balaban J connectivity index is 1.54. The van der Waals surface area contributed by atoms with E-state index in [0.29, 0.717) is 31.7 Å². The van der Waals surface area contributed by atoms with Crippen molar-refractivity contribution in [2.75, 3.05) is 26.2 Å². The van der Waals surface area contributed by atoms with Gasteiger partial charge in [0.15, 0.2) is 0 Å². The normalized spacial score (nSPS) is 22.4. The van der Waals surface area contributed by atoms with Crippen LogP contribution in [-0.2, 0) is 4.79 Å². The van der Waals surface area contributed by atoms with Crippen molar-refractivity contribution >= 4 is 11.8 Å². The number of hydrogen-bond donors (Lipinski definition) is 0. The van der Waals surface area contributed by atoms with Gasteiger partial charge in [-0.15, -0.1) is 0 Å². The van der Waals surface area contributed by atoms with Crippen LogP contribution in [-0.4, -0.2) is 47.8 Å². The molecule has 2 heterocycles. The largest absolute Gasteiger partial charge is 0.472 e. The number of piperazine rings is 1. The second-order valence-corrected chi connectivity index (χ2v) is 5.61. The lowest BCUT2D eigenvalue weighted by Gasteiger charge is -2.36. The number of nitrogens with zero attached hydrogens (tertiary/aromatic N) is 2. The van der Waals surface area contributed by atoms with Gasteiger partial charge in [-0.2, -0.15) is 0 Å². The monoisotopic (exact) mass is 288 g/mol. The van der Waals surface area contributed by atoms with E-state index in [9.17, 15) is 9.59 Å². The van der Waals surface area contributed by atoms with Gasteiger partial charge in [-0.05, 0) is 25.3 Å². The topological polar surface area (TPSA) is 53.8 Å². The number of rotatable bonds is 2. The molecule has 1 aliphatic carbocycles. The molecule has 1 fully saturated rings. The van der Waals surface area contributed by atoms with Gasteiger partial charge in [-0.25, -0.2) is 0 Å². The van der Waals surface area contributed by atoms with E-state index in [1.165, 1.54) is 12.5 Å². The van der Waals surface area contributed by atoms with Crippen LogP contribution < -0.4 is 0 Å². The van der Waals surface area contributed by atoms with E-state index in [0.717, 1.165) is 19.3 Å². The molecule has 1 atom stereocenters. The van der Waals surface area contributed by atoms with Gasteiger partial charge < -0.3 is 14.2 Å². The molecule has 1 aromatic rings. The molecule has 0 radical (unpaired) electrons. The summed E-state index contributed by atoms with van der Waals surface area (Å²) >= 11 is 0. The second-order valence-electron chi connectivity index (χ2n) is 5.61. The Morgan fingerprint density at radius 2 is 1.86 bits per heavy atom. The summed E-state index contributed by atoms with van der Waals surface area (Å²) in [6, 6.07) is 1.67. The van der Waals surface area contributed by atoms with Crippen LogP contribution in [0.5, 0.6) is 0 Å². The molecule has 2 amide bonds. The quantitative estimate of drug-likeness (QED) is 0.781. The van der Waals surface area contributed by atoms with Crippen molar-refractivity contribution in [3.63, 3.8) is 0 Å². The highest BCUT2D eigenvalue weighted by molar-refractivity contribution is 5.94. The maximum absolute atomic E-state index is 12.4. The van der Waals surface area contributed by atoms with Gasteiger partial charge in [0, 0.05) is 32.1 Å². The first-order chi connectivity index (χ1) is 10.3. The molecule has 0 bridgehead atoms. The number of amides is 2. The van der Waals surface area contributed by atoms with Crippen molar-refractivity contribution < 1.29 is 14.0 Å². The number of carbonyl (C=O) groups excluding carboxylic acids is 2. The van der Waals surface area contributed by atoms with Crippen LogP contribution in [0.15, 0.2) is 35.2 Å². The predicted molar refractivity (Wildman–Crippen MR) is 77.7 cm³/mol. The molecule has 3 rings (SSSR count). The highest BCUT2D eigenvalue weighted by Gasteiger charge is 2.29. The fraction of sp³-hybridized carbons (Fsp3) is 0.500. The zero-order valence-electron chi connectivity index (χ0n) is 12.0. The lowest BCUT2D eigenvalue weighted by molar-refractivity contribution is -0.137. The summed E-state index contributed by atoms with van der Waals surface area (Å²) < 4.78 is 4.95.